The van der Waals surface area contributed by atoms with E-state index in [1.807, 2.05) is 0 Å². The van der Waals surface area contributed by atoms with E-state index in [0.717, 1.165) is 25.9 Å². The van der Waals surface area contributed by atoms with Crippen molar-refractivity contribution in [1.29, 1.82) is 0 Å². The number of amides is 2. The highest BCUT2D eigenvalue weighted by Crippen LogP contribution is 2.18. The highest BCUT2D eigenvalue weighted by Gasteiger charge is 2.22. The van der Waals surface area contributed by atoms with Gasteiger partial charge in [-0.3, -0.25) is 0 Å². The van der Waals surface area contributed by atoms with Crippen LogP contribution in [-0.2, 0) is 0 Å². The normalized spacial score (nSPS) is 21.9. The largest absolute Gasteiger partial charge is 0.337 e. The molecule has 0 aromatic carbocycles. The lowest BCUT2D eigenvalue weighted by Gasteiger charge is -2.16. The summed E-state index contributed by atoms with van der Waals surface area (Å²) in [5, 5.41) is 9.36. The summed E-state index contributed by atoms with van der Waals surface area (Å²) in [6.07, 6.45) is 10.4. The fraction of sp³-hybridized carbons (Fsp3) is 0.923. The number of hydrogen-bond donors (Lipinski definition) is 3. The van der Waals surface area contributed by atoms with Crippen LogP contribution >= 0.6 is 0 Å². The van der Waals surface area contributed by atoms with Crippen molar-refractivity contribution in [2.24, 2.45) is 0 Å². The van der Waals surface area contributed by atoms with Gasteiger partial charge in [0, 0.05) is 25.2 Å². The van der Waals surface area contributed by atoms with Gasteiger partial charge in [-0.05, 0) is 25.7 Å². The molecule has 2 aliphatic carbocycles. The van der Waals surface area contributed by atoms with Crippen molar-refractivity contribution >= 4 is 6.03 Å². The third kappa shape index (κ3) is 5.39. The molecule has 0 saturated heterocycles. The second-order valence-electron chi connectivity index (χ2n) is 5.32. The Balaban J connectivity index is 1.48. The molecular formula is C13H25N3O. The molecule has 0 aromatic rings. The first-order valence-corrected chi connectivity index (χ1v) is 7.12. The van der Waals surface area contributed by atoms with E-state index in [-0.39, 0.29) is 6.03 Å². The maximum atomic E-state index is 11.3. The highest BCUT2D eigenvalue weighted by atomic mass is 16.2. The average Bonchev–Trinajstić information content (AvgIpc) is 3.11. The molecule has 3 N–H and O–H groups in total. The molecule has 0 aliphatic heterocycles. The summed E-state index contributed by atoms with van der Waals surface area (Å²) in [6.45, 7) is 1.62. The predicted octanol–water partition coefficient (Wildman–Crippen LogP) is 1.76. The minimum atomic E-state index is -0.00448. The SMILES string of the molecule is O=C(NCCNC1CCCCCC1)NC1CC1. The van der Waals surface area contributed by atoms with Gasteiger partial charge in [0.1, 0.15) is 0 Å². The van der Waals surface area contributed by atoms with Crippen LogP contribution in [0.15, 0.2) is 0 Å². The van der Waals surface area contributed by atoms with Crippen LogP contribution in [0, 0.1) is 0 Å². The van der Waals surface area contributed by atoms with Gasteiger partial charge in [-0.15, -0.1) is 0 Å². The summed E-state index contributed by atoms with van der Waals surface area (Å²) in [7, 11) is 0. The van der Waals surface area contributed by atoms with Gasteiger partial charge in [-0.25, -0.2) is 4.79 Å². The first-order chi connectivity index (χ1) is 8.34. The maximum absolute atomic E-state index is 11.3. The van der Waals surface area contributed by atoms with E-state index >= 15 is 0 Å². The molecule has 0 atom stereocenters. The fourth-order valence-electron chi connectivity index (χ4n) is 2.40. The maximum Gasteiger partial charge on any atom is 0.315 e. The zero-order chi connectivity index (χ0) is 11.9. The van der Waals surface area contributed by atoms with Gasteiger partial charge in [0.25, 0.3) is 0 Å². The zero-order valence-corrected chi connectivity index (χ0v) is 10.6. The Labute approximate surface area is 104 Å². The Bertz CT molecular complexity index is 233. The molecule has 98 valence electrons. The first-order valence-electron chi connectivity index (χ1n) is 7.12. The smallest absolute Gasteiger partial charge is 0.315 e. The Hall–Kier alpha value is -0.770. The topological polar surface area (TPSA) is 53.2 Å². The summed E-state index contributed by atoms with van der Waals surface area (Å²) < 4.78 is 0. The van der Waals surface area contributed by atoms with Crippen molar-refractivity contribution in [2.45, 2.75) is 63.5 Å². The van der Waals surface area contributed by atoms with Crippen LogP contribution in [0.4, 0.5) is 4.79 Å². The first kappa shape index (κ1) is 12.7. The number of urea groups is 1. The molecule has 2 rings (SSSR count). The molecule has 0 radical (unpaired) electrons. The average molecular weight is 239 g/mol. The van der Waals surface area contributed by atoms with Crippen LogP contribution in [0.1, 0.15) is 51.4 Å². The molecule has 2 fully saturated rings. The molecule has 0 bridgehead atoms. The van der Waals surface area contributed by atoms with Crippen LogP contribution in [0.3, 0.4) is 0 Å². The molecule has 0 unspecified atom stereocenters. The van der Waals surface area contributed by atoms with E-state index in [1.165, 1.54) is 38.5 Å². The minimum Gasteiger partial charge on any atom is -0.337 e. The lowest BCUT2D eigenvalue weighted by molar-refractivity contribution is 0.240. The van der Waals surface area contributed by atoms with Crippen LogP contribution in [0.5, 0.6) is 0 Å². The monoisotopic (exact) mass is 239 g/mol. The third-order valence-electron chi connectivity index (χ3n) is 3.61. The van der Waals surface area contributed by atoms with Gasteiger partial charge in [-0.2, -0.15) is 0 Å². The van der Waals surface area contributed by atoms with E-state index in [1.54, 1.807) is 0 Å². The molecule has 2 amide bonds. The van der Waals surface area contributed by atoms with Gasteiger partial charge < -0.3 is 16.0 Å². The van der Waals surface area contributed by atoms with Gasteiger partial charge in [0.05, 0.1) is 0 Å². The summed E-state index contributed by atoms with van der Waals surface area (Å²) >= 11 is 0. The summed E-state index contributed by atoms with van der Waals surface area (Å²) in [4.78, 5) is 11.3. The molecule has 0 spiro atoms. The lowest BCUT2D eigenvalue weighted by atomic mass is 10.1. The Morgan fingerprint density at radius 2 is 1.59 bits per heavy atom. The van der Waals surface area contributed by atoms with Gasteiger partial charge in [0.2, 0.25) is 0 Å². The van der Waals surface area contributed by atoms with Crippen LogP contribution in [0.2, 0.25) is 0 Å². The van der Waals surface area contributed by atoms with Crippen molar-refractivity contribution < 1.29 is 4.79 Å². The number of hydrogen-bond acceptors (Lipinski definition) is 2. The predicted molar refractivity (Wildman–Crippen MR) is 69.0 cm³/mol. The summed E-state index contributed by atoms with van der Waals surface area (Å²) in [5.74, 6) is 0. The molecular weight excluding hydrogens is 214 g/mol. The number of carbonyl (C=O) groups is 1. The van der Waals surface area contributed by atoms with Gasteiger partial charge in [0.15, 0.2) is 0 Å². The molecule has 4 nitrogen and oxygen atoms in total. The van der Waals surface area contributed by atoms with Gasteiger partial charge in [-0.1, -0.05) is 25.7 Å². The summed E-state index contributed by atoms with van der Waals surface area (Å²) in [6, 6.07) is 1.12. The van der Waals surface area contributed by atoms with E-state index in [0.29, 0.717) is 12.1 Å². The summed E-state index contributed by atoms with van der Waals surface area (Å²) in [5.41, 5.74) is 0. The van der Waals surface area contributed by atoms with Crippen LogP contribution in [0.25, 0.3) is 0 Å². The number of rotatable bonds is 5. The standard InChI is InChI=1S/C13H25N3O/c17-13(16-12-7-8-12)15-10-9-14-11-5-3-1-2-4-6-11/h11-12,14H,1-10H2,(H2,15,16,17). The van der Waals surface area contributed by atoms with Gasteiger partial charge >= 0.3 is 6.03 Å². The van der Waals surface area contributed by atoms with E-state index in [2.05, 4.69) is 16.0 Å². The molecule has 2 aliphatic rings. The van der Waals surface area contributed by atoms with Crippen molar-refractivity contribution in [3.05, 3.63) is 0 Å². The van der Waals surface area contributed by atoms with E-state index < -0.39 is 0 Å². The lowest BCUT2D eigenvalue weighted by Crippen LogP contribution is -2.41. The second-order valence-corrected chi connectivity index (χ2v) is 5.32. The molecule has 0 heterocycles. The second kappa shape index (κ2) is 6.84. The fourth-order valence-corrected chi connectivity index (χ4v) is 2.40. The third-order valence-corrected chi connectivity index (χ3v) is 3.61. The van der Waals surface area contributed by atoms with Crippen molar-refractivity contribution in [2.75, 3.05) is 13.1 Å². The molecule has 17 heavy (non-hydrogen) atoms. The zero-order valence-electron chi connectivity index (χ0n) is 10.6. The van der Waals surface area contributed by atoms with Crippen LogP contribution < -0.4 is 16.0 Å². The van der Waals surface area contributed by atoms with E-state index in [9.17, 15) is 4.79 Å². The Morgan fingerprint density at radius 3 is 2.24 bits per heavy atom. The molecule has 2 saturated carbocycles. The van der Waals surface area contributed by atoms with Crippen molar-refractivity contribution in [3.8, 4) is 0 Å². The van der Waals surface area contributed by atoms with Crippen molar-refractivity contribution in [3.63, 3.8) is 0 Å². The Morgan fingerprint density at radius 1 is 0.882 bits per heavy atom. The number of carbonyl (C=O) groups excluding carboxylic acids is 1. The minimum absolute atomic E-state index is 0.00448. The van der Waals surface area contributed by atoms with Crippen molar-refractivity contribution in [1.82, 2.24) is 16.0 Å². The molecule has 0 aromatic heterocycles. The number of nitrogens with one attached hydrogen (secondary N) is 3. The van der Waals surface area contributed by atoms with Crippen LogP contribution in [-0.4, -0.2) is 31.2 Å². The molecule has 4 heteroatoms. The highest BCUT2D eigenvalue weighted by molar-refractivity contribution is 5.74. The van der Waals surface area contributed by atoms with E-state index in [4.69, 9.17) is 0 Å². The Kier molecular flexibility index (Phi) is 5.10. The quantitative estimate of drug-likeness (QED) is 0.506.